The molecule has 3 nitrogen and oxygen atoms in total. The number of fused-ring (bicyclic) bond motifs is 2. The van der Waals surface area contributed by atoms with Gasteiger partial charge in [-0.05, 0) is 53.6 Å². The Morgan fingerprint density at radius 1 is 1.12 bits per heavy atom. The summed E-state index contributed by atoms with van der Waals surface area (Å²) in [5.74, 6) is 0.819. The van der Waals surface area contributed by atoms with Crippen LogP contribution in [-0.4, -0.2) is 23.9 Å². The van der Waals surface area contributed by atoms with E-state index in [0.717, 1.165) is 35.3 Å². The number of nitrogens with one attached hydrogen (secondary N) is 1. The molecule has 1 saturated carbocycles. The van der Waals surface area contributed by atoms with Crippen molar-refractivity contribution in [3.8, 4) is 0 Å². The Hall–Kier alpha value is -2.17. The van der Waals surface area contributed by atoms with Gasteiger partial charge in [0, 0.05) is 28.5 Å². The number of hydrogen-bond acceptors (Lipinski definition) is 3. The van der Waals surface area contributed by atoms with Crippen molar-refractivity contribution in [3.05, 3.63) is 64.4 Å². The minimum absolute atomic E-state index is 0.0886. The fourth-order valence-corrected chi connectivity index (χ4v) is 5.16. The molecule has 0 bridgehead atoms. The Kier molecular flexibility index (Phi) is 4.03. The molecular formula is C22H22N2OS. The van der Waals surface area contributed by atoms with Gasteiger partial charge in [0.2, 0.25) is 5.91 Å². The summed E-state index contributed by atoms with van der Waals surface area (Å²) in [6.07, 6.45) is 3.65. The zero-order valence-corrected chi connectivity index (χ0v) is 15.5. The summed E-state index contributed by atoms with van der Waals surface area (Å²) >= 11 is 1.87. The molecule has 5 rings (SSSR count). The third-order valence-corrected chi connectivity index (χ3v) is 6.59. The number of hydrogen-bond donors (Lipinski definition) is 1. The Morgan fingerprint density at radius 3 is 2.85 bits per heavy atom. The second kappa shape index (κ2) is 6.53. The first-order valence-corrected chi connectivity index (χ1v) is 10.3. The van der Waals surface area contributed by atoms with Gasteiger partial charge in [-0.3, -0.25) is 9.69 Å². The second-order valence-corrected chi connectivity index (χ2v) is 8.38. The zero-order chi connectivity index (χ0) is 17.5. The van der Waals surface area contributed by atoms with E-state index in [9.17, 15) is 4.79 Å². The fraction of sp³-hybridized carbons (Fsp3) is 0.318. The van der Waals surface area contributed by atoms with E-state index in [-0.39, 0.29) is 5.91 Å². The van der Waals surface area contributed by atoms with Crippen LogP contribution in [0.15, 0.2) is 53.9 Å². The predicted molar refractivity (Wildman–Crippen MR) is 108 cm³/mol. The van der Waals surface area contributed by atoms with Gasteiger partial charge in [-0.15, -0.1) is 11.3 Å². The van der Waals surface area contributed by atoms with Crippen LogP contribution in [0.4, 0.5) is 5.69 Å². The van der Waals surface area contributed by atoms with Crippen molar-refractivity contribution >= 4 is 33.7 Å². The lowest BCUT2D eigenvalue weighted by atomic mass is 9.96. The number of thiophene rings is 1. The van der Waals surface area contributed by atoms with Gasteiger partial charge in [0.05, 0.1) is 6.54 Å². The molecule has 2 aromatic carbocycles. The number of carbonyl (C=O) groups excluding carboxylic acids is 1. The first-order chi connectivity index (χ1) is 12.8. The van der Waals surface area contributed by atoms with Crippen molar-refractivity contribution in [2.75, 3.05) is 18.4 Å². The van der Waals surface area contributed by atoms with Crippen LogP contribution in [0.2, 0.25) is 0 Å². The Bertz CT molecular complexity index is 954. The van der Waals surface area contributed by atoms with Gasteiger partial charge in [0.15, 0.2) is 0 Å². The molecule has 3 aromatic rings. The Balaban J connectivity index is 1.35. The van der Waals surface area contributed by atoms with E-state index in [4.69, 9.17) is 0 Å². The van der Waals surface area contributed by atoms with Crippen LogP contribution in [0.1, 0.15) is 29.3 Å². The molecule has 1 aliphatic heterocycles. The first kappa shape index (κ1) is 16.0. The number of rotatable bonds is 4. The molecule has 1 amide bonds. The SMILES string of the molecule is O=C(CN1CCc2sccc2[C@H]1C1CC1)Nc1cccc2ccccc12. The lowest BCUT2D eigenvalue weighted by Gasteiger charge is -2.35. The number of amides is 1. The Morgan fingerprint density at radius 2 is 1.96 bits per heavy atom. The van der Waals surface area contributed by atoms with Crippen molar-refractivity contribution in [1.29, 1.82) is 0 Å². The third kappa shape index (κ3) is 2.93. The number of carbonyl (C=O) groups is 1. The maximum Gasteiger partial charge on any atom is 0.238 e. The molecule has 0 radical (unpaired) electrons. The van der Waals surface area contributed by atoms with Crippen molar-refractivity contribution in [1.82, 2.24) is 4.90 Å². The summed E-state index contributed by atoms with van der Waals surface area (Å²) in [5, 5.41) is 7.61. The van der Waals surface area contributed by atoms with Gasteiger partial charge in [-0.1, -0.05) is 36.4 Å². The van der Waals surface area contributed by atoms with Crippen LogP contribution in [0.25, 0.3) is 10.8 Å². The number of benzene rings is 2. The maximum atomic E-state index is 12.8. The summed E-state index contributed by atoms with van der Waals surface area (Å²) < 4.78 is 0. The van der Waals surface area contributed by atoms with Gasteiger partial charge in [0.1, 0.15) is 0 Å². The molecule has 0 unspecified atom stereocenters. The minimum Gasteiger partial charge on any atom is -0.324 e. The maximum absolute atomic E-state index is 12.8. The predicted octanol–water partition coefficient (Wildman–Crippen LogP) is 4.85. The Labute approximate surface area is 157 Å². The zero-order valence-electron chi connectivity index (χ0n) is 14.7. The van der Waals surface area contributed by atoms with Crippen molar-refractivity contribution in [2.24, 2.45) is 5.92 Å². The molecule has 1 aliphatic carbocycles. The quantitative estimate of drug-likeness (QED) is 0.720. The average Bonchev–Trinajstić information content (AvgIpc) is 3.38. The van der Waals surface area contributed by atoms with Crippen LogP contribution in [0.3, 0.4) is 0 Å². The van der Waals surface area contributed by atoms with Crippen LogP contribution in [-0.2, 0) is 11.2 Å². The highest BCUT2D eigenvalue weighted by atomic mass is 32.1. The highest BCUT2D eigenvalue weighted by Gasteiger charge is 2.40. The monoisotopic (exact) mass is 362 g/mol. The molecule has 2 aliphatic rings. The van der Waals surface area contributed by atoms with Gasteiger partial charge < -0.3 is 5.32 Å². The van der Waals surface area contributed by atoms with E-state index in [1.165, 1.54) is 23.3 Å². The van der Waals surface area contributed by atoms with E-state index in [1.54, 1.807) is 0 Å². The molecule has 2 heterocycles. The molecule has 1 N–H and O–H groups in total. The van der Waals surface area contributed by atoms with Crippen LogP contribution in [0.5, 0.6) is 0 Å². The highest BCUT2D eigenvalue weighted by Crippen LogP contribution is 2.48. The number of anilines is 1. The lowest BCUT2D eigenvalue weighted by Crippen LogP contribution is -2.41. The van der Waals surface area contributed by atoms with Gasteiger partial charge >= 0.3 is 0 Å². The topological polar surface area (TPSA) is 32.3 Å². The van der Waals surface area contributed by atoms with Gasteiger partial charge in [-0.25, -0.2) is 0 Å². The van der Waals surface area contributed by atoms with Crippen molar-refractivity contribution < 1.29 is 4.79 Å². The molecule has 26 heavy (non-hydrogen) atoms. The van der Waals surface area contributed by atoms with E-state index >= 15 is 0 Å². The number of nitrogens with zero attached hydrogens (tertiary/aromatic N) is 1. The molecule has 1 atom stereocenters. The average molecular weight is 362 g/mol. The molecule has 1 aromatic heterocycles. The molecule has 4 heteroatoms. The molecule has 1 fully saturated rings. The molecule has 0 spiro atoms. The summed E-state index contributed by atoms with van der Waals surface area (Å²) in [4.78, 5) is 16.7. The van der Waals surface area contributed by atoms with Crippen molar-refractivity contribution in [2.45, 2.75) is 25.3 Å². The summed E-state index contributed by atoms with van der Waals surface area (Å²) in [5.41, 5.74) is 2.38. The van der Waals surface area contributed by atoms with Crippen LogP contribution < -0.4 is 5.32 Å². The fourth-order valence-electron chi connectivity index (χ4n) is 4.25. The largest absolute Gasteiger partial charge is 0.324 e. The summed E-state index contributed by atoms with van der Waals surface area (Å²) in [7, 11) is 0. The standard InChI is InChI=1S/C22H22N2OS/c25-21(23-19-7-3-5-15-4-1-2-6-17(15)19)14-24-12-10-20-18(11-13-26-20)22(24)16-8-9-16/h1-7,11,13,16,22H,8-10,12,14H2,(H,23,25)/t22-/m1/s1. The van der Waals surface area contributed by atoms with Gasteiger partial charge in [0.25, 0.3) is 0 Å². The van der Waals surface area contributed by atoms with Gasteiger partial charge in [-0.2, -0.15) is 0 Å². The molecule has 0 saturated heterocycles. The third-order valence-electron chi connectivity index (χ3n) is 5.60. The first-order valence-electron chi connectivity index (χ1n) is 9.37. The van der Waals surface area contributed by atoms with E-state index in [0.29, 0.717) is 12.6 Å². The van der Waals surface area contributed by atoms with Crippen LogP contribution in [0, 0.1) is 5.92 Å². The molecule has 132 valence electrons. The van der Waals surface area contributed by atoms with Crippen molar-refractivity contribution in [3.63, 3.8) is 0 Å². The van der Waals surface area contributed by atoms with E-state index in [1.807, 2.05) is 35.6 Å². The lowest BCUT2D eigenvalue weighted by molar-refractivity contribution is -0.118. The van der Waals surface area contributed by atoms with E-state index in [2.05, 4.69) is 39.9 Å². The highest BCUT2D eigenvalue weighted by molar-refractivity contribution is 7.10. The van der Waals surface area contributed by atoms with Crippen LogP contribution >= 0.6 is 11.3 Å². The second-order valence-electron chi connectivity index (χ2n) is 7.38. The van der Waals surface area contributed by atoms with E-state index < -0.39 is 0 Å². The minimum atomic E-state index is 0.0886. The smallest absolute Gasteiger partial charge is 0.238 e. The normalized spacial score (nSPS) is 20.1. The molecular weight excluding hydrogens is 340 g/mol. The summed E-state index contributed by atoms with van der Waals surface area (Å²) in [6.45, 7) is 1.46. The summed E-state index contributed by atoms with van der Waals surface area (Å²) in [6, 6.07) is 17.0.